The summed E-state index contributed by atoms with van der Waals surface area (Å²) in [7, 11) is 3.15. The number of aliphatic carboxylic acids is 1. The number of unbranched alkanes of at least 4 members (excludes halogenated alkanes) is 1. The standard InChI is InChI=1S/C17H25NO5/c1-11-9-14(22-3)15(23-4)10-13(11)12(2)18-16(19)7-5-6-8-17(20)21/h9-10,12H,5-8H2,1-4H3,(H,18,19)(H,20,21). The van der Waals surface area contributed by atoms with E-state index in [1.165, 1.54) is 0 Å². The summed E-state index contributed by atoms with van der Waals surface area (Å²) in [5, 5.41) is 11.5. The Labute approximate surface area is 136 Å². The van der Waals surface area contributed by atoms with E-state index in [2.05, 4.69) is 5.32 Å². The monoisotopic (exact) mass is 323 g/mol. The van der Waals surface area contributed by atoms with Gasteiger partial charge in [0.25, 0.3) is 0 Å². The molecule has 0 spiro atoms. The molecule has 0 aliphatic heterocycles. The Kier molecular flexibility index (Phi) is 7.38. The lowest BCUT2D eigenvalue weighted by Gasteiger charge is -2.19. The number of aryl methyl sites for hydroxylation is 1. The Morgan fingerprint density at radius 2 is 1.70 bits per heavy atom. The van der Waals surface area contributed by atoms with Gasteiger partial charge in [0, 0.05) is 12.8 Å². The van der Waals surface area contributed by atoms with Gasteiger partial charge in [0.2, 0.25) is 5.91 Å². The van der Waals surface area contributed by atoms with Gasteiger partial charge in [-0.2, -0.15) is 0 Å². The molecule has 1 aromatic carbocycles. The minimum Gasteiger partial charge on any atom is -0.493 e. The zero-order valence-electron chi connectivity index (χ0n) is 14.1. The maximum absolute atomic E-state index is 11.9. The first-order valence-corrected chi connectivity index (χ1v) is 7.62. The molecule has 0 aromatic heterocycles. The molecule has 23 heavy (non-hydrogen) atoms. The molecule has 6 heteroatoms. The molecule has 1 rings (SSSR count). The van der Waals surface area contributed by atoms with E-state index < -0.39 is 5.97 Å². The van der Waals surface area contributed by atoms with Crippen LogP contribution in [0.3, 0.4) is 0 Å². The van der Waals surface area contributed by atoms with Crippen molar-refractivity contribution in [3.05, 3.63) is 23.3 Å². The fourth-order valence-electron chi connectivity index (χ4n) is 2.42. The number of methoxy groups -OCH3 is 2. The summed E-state index contributed by atoms with van der Waals surface area (Å²) in [6.45, 7) is 3.86. The molecule has 6 nitrogen and oxygen atoms in total. The van der Waals surface area contributed by atoms with Gasteiger partial charge >= 0.3 is 5.97 Å². The number of nitrogens with one attached hydrogen (secondary N) is 1. The molecule has 0 bridgehead atoms. The minimum absolute atomic E-state index is 0.0860. The fourth-order valence-corrected chi connectivity index (χ4v) is 2.42. The van der Waals surface area contributed by atoms with Crippen molar-refractivity contribution < 1.29 is 24.2 Å². The zero-order valence-corrected chi connectivity index (χ0v) is 14.1. The Hall–Kier alpha value is -2.24. The van der Waals surface area contributed by atoms with E-state index in [1.807, 2.05) is 26.0 Å². The predicted octanol–water partition coefficient (Wildman–Crippen LogP) is 2.83. The number of carboxylic acid groups (broad SMARTS) is 1. The highest BCUT2D eigenvalue weighted by Gasteiger charge is 2.15. The van der Waals surface area contributed by atoms with E-state index in [0.29, 0.717) is 30.8 Å². The van der Waals surface area contributed by atoms with Crippen LogP contribution < -0.4 is 14.8 Å². The molecule has 1 amide bonds. The zero-order chi connectivity index (χ0) is 17.4. The van der Waals surface area contributed by atoms with E-state index in [0.717, 1.165) is 11.1 Å². The van der Waals surface area contributed by atoms with Gasteiger partial charge in [-0.15, -0.1) is 0 Å². The van der Waals surface area contributed by atoms with Crippen LogP contribution >= 0.6 is 0 Å². The van der Waals surface area contributed by atoms with E-state index in [1.54, 1.807) is 14.2 Å². The average Bonchev–Trinajstić information content (AvgIpc) is 2.50. The smallest absolute Gasteiger partial charge is 0.303 e. The molecule has 1 atom stereocenters. The first kappa shape index (κ1) is 18.8. The molecule has 0 aliphatic rings. The molecule has 0 fully saturated rings. The van der Waals surface area contributed by atoms with Crippen LogP contribution in [0.25, 0.3) is 0 Å². The maximum Gasteiger partial charge on any atom is 0.303 e. The summed E-state index contributed by atoms with van der Waals surface area (Å²) in [5.41, 5.74) is 1.96. The third-order valence-corrected chi connectivity index (χ3v) is 3.66. The van der Waals surface area contributed by atoms with E-state index in [9.17, 15) is 9.59 Å². The summed E-state index contributed by atoms with van der Waals surface area (Å²) in [6, 6.07) is 3.58. The molecule has 0 radical (unpaired) electrons. The number of ether oxygens (including phenoxy) is 2. The highest BCUT2D eigenvalue weighted by atomic mass is 16.5. The quantitative estimate of drug-likeness (QED) is 0.683. The third kappa shape index (κ3) is 5.81. The van der Waals surface area contributed by atoms with Gasteiger partial charge in [-0.3, -0.25) is 9.59 Å². The van der Waals surface area contributed by atoms with Gasteiger partial charge in [-0.25, -0.2) is 0 Å². The summed E-state index contributed by atoms with van der Waals surface area (Å²) >= 11 is 0. The molecule has 0 heterocycles. The van der Waals surface area contributed by atoms with E-state index in [-0.39, 0.29) is 18.4 Å². The Morgan fingerprint density at radius 3 is 2.26 bits per heavy atom. The molecule has 1 aromatic rings. The predicted molar refractivity (Wildman–Crippen MR) is 86.9 cm³/mol. The van der Waals surface area contributed by atoms with Crippen molar-refractivity contribution >= 4 is 11.9 Å². The second-order valence-corrected chi connectivity index (χ2v) is 5.45. The number of hydrogen-bond donors (Lipinski definition) is 2. The van der Waals surface area contributed by atoms with Gasteiger partial charge in [-0.1, -0.05) is 0 Å². The summed E-state index contributed by atoms with van der Waals surface area (Å²) in [5.74, 6) is 0.355. The van der Waals surface area contributed by atoms with Gasteiger partial charge in [0.05, 0.1) is 20.3 Å². The number of carbonyl (C=O) groups excluding carboxylic acids is 1. The lowest BCUT2D eigenvalue weighted by atomic mass is 10.0. The van der Waals surface area contributed by atoms with Crippen molar-refractivity contribution in [1.82, 2.24) is 5.32 Å². The summed E-state index contributed by atoms with van der Waals surface area (Å²) in [4.78, 5) is 22.4. The third-order valence-electron chi connectivity index (χ3n) is 3.66. The number of rotatable bonds is 9. The lowest BCUT2D eigenvalue weighted by molar-refractivity contribution is -0.137. The molecule has 0 saturated heterocycles. The molecule has 0 saturated carbocycles. The highest BCUT2D eigenvalue weighted by molar-refractivity contribution is 5.76. The Morgan fingerprint density at radius 1 is 1.13 bits per heavy atom. The highest BCUT2D eigenvalue weighted by Crippen LogP contribution is 2.32. The van der Waals surface area contributed by atoms with Crippen molar-refractivity contribution in [2.75, 3.05) is 14.2 Å². The molecular weight excluding hydrogens is 298 g/mol. The molecule has 128 valence electrons. The average molecular weight is 323 g/mol. The number of benzene rings is 1. The first-order valence-electron chi connectivity index (χ1n) is 7.62. The van der Waals surface area contributed by atoms with Crippen molar-refractivity contribution in [3.63, 3.8) is 0 Å². The topological polar surface area (TPSA) is 84.9 Å². The molecular formula is C17H25NO5. The van der Waals surface area contributed by atoms with Crippen LogP contribution in [0.1, 0.15) is 49.8 Å². The first-order chi connectivity index (χ1) is 10.9. The van der Waals surface area contributed by atoms with Crippen molar-refractivity contribution in [2.24, 2.45) is 0 Å². The molecule has 2 N–H and O–H groups in total. The van der Waals surface area contributed by atoms with Crippen LogP contribution in [0, 0.1) is 6.92 Å². The van der Waals surface area contributed by atoms with Crippen LogP contribution in [0.2, 0.25) is 0 Å². The van der Waals surface area contributed by atoms with Gasteiger partial charge in [0.1, 0.15) is 0 Å². The largest absolute Gasteiger partial charge is 0.493 e. The summed E-state index contributed by atoms with van der Waals surface area (Å²) in [6.07, 6.45) is 1.49. The number of carbonyl (C=O) groups is 2. The maximum atomic E-state index is 11.9. The van der Waals surface area contributed by atoms with Crippen LogP contribution in [0.5, 0.6) is 11.5 Å². The van der Waals surface area contributed by atoms with Crippen molar-refractivity contribution in [3.8, 4) is 11.5 Å². The number of amides is 1. The van der Waals surface area contributed by atoms with Crippen LogP contribution in [0.4, 0.5) is 0 Å². The van der Waals surface area contributed by atoms with Gasteiger partial charge in [0.15, 0.2) is 11.5 Å². The lowest BCUT2D eigenvalue weighted by Crippen LogP contribution is -2.26. The van der Waals surface area contributed by atoms with Crippen LogP contribution in [-0.4, -0.2) is 31.2 Å². The van der Waals surface area contributed by atoms with Crippen LogP contribution in [-0.2, 0) is 9.59 Å². The van der Waals surface area contributed by atoms with E-state index >= 15 is 0 Å². The van der Waals surface area contributed by atoms with Gasteiger partial charge < -0.3 is 19.9 Å². The summed E-state index contributed by atoms with van der Waals surface area (Å²) < 4.78 is 10.6. The molecule has 0 aliphatic carbocycles. The number of hydrogen-bond acceptors (Lipinski definition) is 4. The normalized spacial score (nSPS) is 11.7. The number of carboxylic acids is 1. The van der Waals surface area contributed by atoms with Crippen LogP contribution in [0.15, 0.2) is 12.1 Å². The van der Waals surface area contributed by atoms with Crippen molar-refractivity contribution in [1.29, 1.82) is 0 Å². The Balaban J connectivity index is 2.65. The Bertz CT molecular complexity index is 556. The fraction of sp³-hybridized carbons (Fsp3) is 0.529. The SMILES string of the molecule is COc1cc(C)c(C(C)NC(=O)CCCCC(=O)O)cc1OC. The second kappa shape index (κ2) is 9.02. The van der Waals surface area contributed by atoms with E-state index in [4.69, 9.17) is 14.6 Å². The second-order valence-electron chi connectivity index (χ2n) is 5.45. The van der Waals surface area contributed by atoms with Gasteiger partial charge in [-0.05, 0) is 49.9 Å². The minimum atomic E-state index is -0.834. The van der Waals surface area contributed by atoms with Crippen molar-refractivity contribution in [2.45, 2.75) is 45.6 Å². The molecule has 1 unspecified atom stereocenters.